The molecule has 0 saturated heterocycles. The van der Waals surface area contributed by atoms with E-state index in [0.29, 0.717) is 0 Å². The van der Waals surface area contributed by atoms with Crippen LogP contribution in [0.15, 0.2) is 4.79 Å². The first-order chi connectivity index (χ1) is 9.07. The summed E-state index contributed by atoms with van der Waals surface area (Å²) in [6, 6.07) is 0. The van der Waals surface area contributed by atoms with Crippen molar-refractivity contribution in [2.75, 3.05) is 0 Å². The lowest BCUT2D eigenvalue weighted by Crippen LogP contribution is -2.24. The second-order valence-electron chi connectivity index (χ2n) is 4.44. The van der Waals surface area contributed by atoms with Crippen molar-refractivity contribution >= 4 is 5.97 Å². The summed E-state index contributed by atoms with van der Waals surface area (Å²) in [4.78, 5) is 20.7. The van der Waals surface area contributed by atoms with E-state index in [-0.39, 0.29) is 5.56 Å². The predicted octanol–water partition coefficient (Wildman–Crippen LogP) is 1.24. The molecule has 0 aromatic carbocycles. The molecule has 0 atom stereocenters. The number of aliphatic carboxylic acids is 1. The third-order valence-corrected chi connectivity index (χ3v) is 3.27. The number of nitrogens with one attached hydrogen (secondary N) is 1. The first kappa shape index (κ1) is 16.2. The highest BCUT2D eigenvalue weighted by atomic mass is 19.4. The number of nitrogens with zero attached hydrogens (tertiary/aromatic N) is 1. The maximum Gasteiger partial charge on any atom is 0.490 e. The molecule has 112 valence electrons. The Morgan fingerprint density at radius 2 is 1.70 bits per heavy atom. The third-order valence-electron chi connectivity index (χ3n) is 3.27. The Balaban J connectivity index is 0.000000246. The van der Waals surface area contributed by atoms with Gasteiger partial charge in [0.15, 0.2) is 0 Å². The molecule has 5 nitrogen and oxygen atoms in total. The molecular weight excluding hydrogens is 277 g/mol. The molecule has 1 aliphatic rings. The summed E-state index contributed by atoms with van der Waals surface area (Å²) in [5.74, 6) is -2.76. The van der Waals surface area contributed by atoms with E-state index in [1.54, 1.807) is 4.57 Å². The van der Waals surface area contributed by atoms with Gasteiger partial charge in [-0.3, -0.25) is 4.79 Å². The van der Waals surface area contributed by atoms with E-state index >= 15 is 0 Å². The van der Waals surface area contributed by atoms with Crippen molar-refractivity contribution < 1.29 is 23.1 Å². The van der Waals surface area contributed by atoms with Crippen LogP contribution in [0.1, 0.15) is 22.4 Å². The van der Waals surface area contributed by atoms with Gasteiger partial charge in [0.1, 0.15) is 0 Å². The average Bonchev–Trinajstić information content (AvgIpc) is 2.82. The Bertz CT molecular complexity index is 591. The van der Waals surface area contributed by atoms with E-state index in [1.165, 1.54) is 11.1 Å². The number of aromatic nitrogens is 1. The van der Waals surface area contributed by atoms with Gasteiger partial charge in [-0.05, 0) is 25.0 Å². The summed E-state index contributed by atoms with van der Waals surface area (Å²) in [6.45, 7) is 5.65. The van der Waals surface area contributed by atoms with Gasteiger partial charge >= 0.3 is 12.1 Å². The number of alkyl halides is 3. The average molecular weight is 292 g/mol. The number of fused-ring (bicyclic) bond motifs is 1. The molecule has 0 aliphatic carbocycles. The van der Waals surface area contributed by atoms with E-state index in [4.69, 9.17) is 9.90 Å². The standard InChI is InChI=1S/C10H14N2O.C2HF3O2/c1-6-7(2)12(3)10(13)9-5-11-4-8(6)9;3-2(4,5)1(6)7/h11H,4-5H2,1-3H3;(H,6,7). The lowest BCUT2D eigenvalue weighted by Gasteiger charge is -2.11. The Morgan fingerprint density at radius 3 is 2.15 bits per heavy atom. The van der Waals surface area contributed by atoms with Crippen molar-refractivity contribution in [1.29, 1.82) is 0 Å². The zero-order valence-corrected chi connectivity index (χ0v) is 11.3. The van der Waals surface area contributed by atoms with Gasteiger partial charge in [-0.25, -0.2) is 4.79 Å². The number of carbonyl (C=O) groups is 1. The van der Waals surface area contributed by atoms with Crippen molar-refractivity contribution in [3.63, 3.8) is 0 Å². The fourth-order valence-corrected chi connectivity index (χ4v) is 1.91. The van der Waals surface area contributed by atoms with Gasteiger partial charge in [0.2, 0.25) is 0 Å². The Hall–Kier alpha value is -1.83. The van der Waals surface area contributed by atoms with Gasteiger partial charge in [-0.2, -0.15) is 13.2 Å². The molecule has 0 spiro atoms. The molecule has 0 radical (unpaired) electrons. The van der Waals surface area contributed by atoms with Crippen LogP contribution in [0.5, 0.6) is 0 Å². The molecule has 0 saturated carbocycles. The quantitative estimate of drug-likeness (QED) is 0.754. The van der Waals surface area contributed by atoms with Crippen LogP contribution in [0.3, 0.4) is 0 Å². The van der Waals surface area contributed by atoms with Crippen LogP contribution in [0.25, 0.3) is 0 Å². The highest BCUT2D eigenvalue weighted by molar-refractivity contribution is 5.73. The largest absolute Gasteiger partial charge is 0.490 e. The minimum Gasteiger partial charge on any atom is -0.475 e. The minimum absolute atomic E-state index is 0.156. The second kappa shape index (κ2) is 5.66. The summed E-state index contributed by atoms with van der Waals surface area (Å²) in [6.07, 6.45) is -5.08. The molecule has 0 bridgehead atoms. The maximum absolute atomic E-state index is 11.8. The van der Waals surface area contributed by atoms with Crippen LogP contribution >= 0.6 is 0 Å². The van der Waals surface area contributed by atoms with Crippen molar-refractivity contribution in [2.45, 2.75) is 33.1 Å². The fraction of sp³-hybridized carbons (Fsp3) is 0.500. The van der Waals surface area contributed by atoms with Gasteiger partial charge in [0, 0.05) is 31.4 Å². The van der Waals surface area contributed by atoms with Gasteiger partial charge in [0.25, 0.3) is 5.56 Å². The van der Waals surface area contributed by atoms with E-state index < -0.39 is 12.1 Å². The van der Waals surface area contributed by atoms with Gasteiger partial charge in [0.05, 0.1) is 0 Å². The summed E-state index contributed by atoms with van der Waals surface area (Å²) >= 11 is 0. The number of pyridine rings is 1. The molecule has 2 rings (SSSR count). The zero-order chi connectivity index (χ0) is 15.7. The molecule has 0 unspecified atom stereocenters. The lowest BCUT2D eigenvalue weighted by molar-refractivity contribution is -0.192. The van der Waals surface area contributed by atoms with Crippen molar-refractivity contribution in [3.8, 4) is 0 Å². The Labute approximate surface area is 113 Å². The maximum atomic E-state index is 11.8. The summed E-state index contributed by atoms with van der Waals surface area (Å²) < 4.78 is 33.5. The number of rotatable bonds is 0. The van der Waals surface area contributed by atoms with E-state index in [2.05, 4.69) is 12.2 Å². The van der Waals surface area contributed by atoms with Crippen LogP contribution < -0.4 is 10.9 Å². The number of halogens is 3. The zero-order valence-electron chi connectivity index (χ0n) is 11.3. The molecule has 0 fully saturated rings. The van der Waals surface area contributed by atoms with Crippen LogP contribution in [0, 0.1) is 13.8 Å². The molecule has 0 amide bonds. The molecule has 2 heterocycles. The Kier molecular flexibility index (Phi) is 4.59. The number of carboxylic acid groups (broad SMARTS) is 1. The molecular formula is C12H15F3N2O3. The fourth-order valence-electron chi connectivity index (χ4n) is 1.91. The molecule has 1 aliphatic heterocycles. The topological polar surface area (TPSA) is 71.3 Å². The minimum atomic E-state index is -5.08. The number of carboxylic acids is 1. The number of hydrogen-bond donors (Lipinski definition) is 2. The van der Waals surface area contributed by atoms with Crippen LogP contribution in [-0.4, -0.2) is 21.8 Å². The predicted molar refractivity (Wildman–Crippen MR) is 65.4 cm³/mol. The SMILES string of the molecule is Cc1c2c(c(=O)n(C)c1C)CNC2.O=C(O)C(F)(F)F. The van der Waals surface area contributed by atoms with Crippen LogP contribution in [0.2, 0.25) is 0 Å². The van der Waals surface area contributed by atoms with Crippen molar-refractivity contribution in [1.82, 2.24) is 9.88 Å². The van der Waals surface area contributed by atoms with Crippen LogP contribution in [-0.2, 0) is 24.9 Å². The first-order valence-corrected chi connectivity index (χ1v) is 5.76. The van der Waals surface area contributed by atoms with E-state index in [9.17, 15) is 18.0 Å². The molecule has 2 N–H and O–H groups in total. The summed E-state index contributed by atoms with van der Waals surface area (Å²) in [5, 5.41) is 10.3. The highest BCUT2D eigenvalue weighted by Crippen LogP contribution is 2.18. The van der Waals surface area contributed by atoms with E-state index in [1.807, 2.05) is 14.0 Å². The molecule has 1 aromatic heterocycles. The Morgan fingerprint density at radius 1 is 1.25 bits per heavy atom. The smallest absolute Gasteiger partial charge is 0.475 e. The summed E-state index contributed by atoms with van der Waals surface area (Å²) in [5.41, 5.74) is 4.64. The van der Waals surface area contributed by atoms with E-state index in [0.717, 1.165) is 24.3 Å². The second-order valence-corrected chi connectivity index (χ2v) is 4.44. The number of hydrogen-bond acceptors (Lipinski definition) is 3. The molecule has 20 heavy (non-hydrogen) atoms. The molecule has 1 aromatic rings. The van der Waals surface area contributed by atoms with Gasteiger partial charge < -0.3 is 15.0 Å². The molecule has 8 heteroatoms. The highest BCUT2D eigenvalue weighted by Gasteiger charge is 2.38. The van der Waals surface area contributed by atoms with Gasteiger partial charge in [-0.1, -0.05) is 0 Å². The summed E-state index contributed by atoms with van der Waals surface area (Å²) in [7, 11) is 1.84. The third kappa shape index (κ3) is 3.19. The normalized spacial score (nSPS) is 13.5. The monoisotopic (exact) mass is 292 g/mol. The van der Waals surface area contributed by atoms with Crippen LogP contribution in [0.4, 0.5) is 13.2 Å². The van der Waals surface area contributed by atoms with Gasteiger partial charge in [-0.15, -0.1) is 0 Å². The van der Waals surface area contributed by atoms with Crippen molar-refractivity contribution in [2.24, 2.45) is 7.05 Å². The lowest BCUT2D eigenvalue weighted by atomic mass is 10.0. The first-order valence-electron chi connectivity index (χ1n) is 5.76. The van der Waals surface area contributed by atoms with Crippen molar-refractivity contribution in [3.05, 3.63) is 32.7 Å².